The van der Waals surface area contributed by atoms with Gasteiger partial charge in [0.15, 0.2) is 5.58 Å². The van der Waals surface area contributed by atoms with Gasteiger partial charge in [0.1, 0.15) is 5.52 Å². The molecule has 1 aromatic heterocycles. The van der Waals surface area contributed by atoms with Crippen LogP contribution < -0.4 is 5.32 Å². The Balaban J connectivity index is 1.55. The normalized spacial score (nSPS) is 10.8. The Labute approximate surface area is 163 Å². The predicted octanol–water partition coefficient (Wildman–Crippen LogP) is 5.31. The van der Waals surface area contributed by atoms with Crippen LogP contribution in [-0.2, 0) is 0 Å². The van der Waals surface area contributed by atoms with Gasteiger partial charge in [-0.15, -0.1) is 0 Å². The van der Waals surface area contributed by atoms with Gasteiger partial charge in [-0.3, -0.25) is 14.9 Å². The molecule has 3 aromatic carbocycles. The van der Waals surface area contributed by atoms with E-state index in [1.165, 1.54) is 12.1 Å². The summed E-state index contributed by atoms with van der Waals surface area (Å²) in [5.41, 5.74) is 2.53. The molecular weight excluding hydrogens is 382 g/mol. The fraction of sp³-hybridized carbons (Fsp3) is 0. The van der Waals surface area contributed by atoms with Crippen LogP contribution >= 0.6 is 11.6 Å². The smallest absolute Gasteiger partial charge is 0.270 e. The van der Waals surface area contributed by atoms with Crippen molar-refractivity contribution < 1.29 is 14.1 Å². The highest BCUT2D eigenvalue weighted by atomic mass is 35.5. The van der Waals surface area contributed by atoms with Gasteiger partial charge < -0.3 is 9.73 Å². The standard InChI is InChI=1S/C20H12ClN3O4/c21-16-10-9-14(24(26)27)11-15(16)19(25)22-13-7-5-12(6-8-13)20-23-17-3-1-2-4-18(17)28-20/h1-11H,(H,22,25). The van der Waals surface area contributed by atoms with Crippen LogP contribution in [0.15, 0.2) is 71.1 Å². The topological polar surface area (TPSA) is 98.3 Å². The van der Waals surface area contributed by atoms with E-state index in [-0.39, 0.29) is 16.3 Å². The van der Waals surface area contributed by atoms with E-state index in [9.17, 15) is 14.9 Å². The zero-order valence-corrected chi connectivity index (χ0v) is 15.0. The number of aromatic nitrogens is 1. The second-order valence-electron chi connectivity index (χ2n) is 5.94. The number of hydrogen-bond acceptors (Lipinski definition) is 5. The highest BCUT2D eigenvalue weighted by Gasteiger charge is 2.16. The van der Waals surface area contributed by atoms with Crippen molar-refractivity contribution in [3.8, 4) is 11.5 Å². The Morgan fingerprint density at radius 3 is 2.54 bits per heavy atom. The molecular formula is C20H12ClN3O4. The highest BCUT2D eigenvalue weighted by Crippen LogP contribution is 2.26. The predicted molar refractivity (Wildman–Crippen MR) is 106 cm³/mol. The highest BCUT2D eigenvalue weighted by molar-refractivity contribution is 6.34. The molecule has 1 amide bonds. The molecule has 0 radical (unpaired) electrons. The number of nitro groups is 1. The van der Waals surface area contributed by atoms with Gasteiger partial charge in [-0.05, 0) is 42.5 Å². The number of non-ortho nitro benzene ring substituents is 1. The van der Waals surface area contributed by atoms with Crippen LogP contribution in [0.2, 0.25) is 5.02 Å². The van der Waals surface area contributed by atoms with Crippen molar-refractivity contribution in [2.75, 3.05) is 5.32 Å². The minimum Gasteiger partial charge on any atom is -0.436 e. The first kappa shape index (κ1) is 17.7. The van der Waals surface area contributed by atoms with Crippen molar-refractivity contribution in [1.29, 1.82) is 0 Å². The van der Waals surface area contributed by atoms with E-state index in [0.717, 1.165) is 17.1 Å². The lowest BCUT2D eigenvalue weighted by atomic mass is 10.1. The minimum absolute atomic E-state index is 0.0268. The summed E-state index contributed by atoms with van der Waals surface area (Å²) in [7, 11) is 0. The maximum Gasteiger partial charge on any atom is 0.270 e. The molecule has 0 spiro atoms. The van der Waals surface area contributed by atoms with Gasteiger partial charge in [0.2, 0.25) is 5.89 Å². The van der Waals surface area contributed by atoms with Gasteiger partial charge in [0.05, 0.1) is 15.5 Å². The molecule has 0 aliphatic heterocycles. The number of nitrogens with one attached hydrogen (secondary N) is 1. The van der Waals surface area contributed by atoms with E-state index in [4.69, 9.17) is 16.0 Å². The SMILES string of the molecule is O=C(Nc1ccc(-c2nc3ccccc3o2)cc1)c1cc([N+](=O)[O-])ccc1Cl. The average Bonchev–Trinajstić information content (AvgIpc) is 3.13. The number of oxazole rings is 1. The summed E-state index contributed by atoms with van der Waals surface area (Å²) in [6.45, 7) is 0. The number of amides is 1. The van der Waals surface area contributed by atoms with Crippen LogP contribution in [0.4, 0.5) is 11.4 Å². The second kappa shape index (κ2) is 7.13. The molecule has 0 fully saturated rings. The number of hydrogen-bond donors (Lipinski definition) is 1. The third-order valence-electron chi connectivity index (χ3n) is 4.09. The van der Waals surface area contributed by atoms with Gasteiger partial charge in [-0.2, -0.15) is 0 Å². The summed E-state index contributed by atoms with van der Waals surface area (Å²) in [4.78, 5) is 27.2. The number of carbonyl (C=O) groups excluding carboxylic acids is 1. The second-order valence-corrected chi connectivity index (χ2v) is 6.35. The number of carbonyl (C=O) groups is 1. The molecule has 7 nitrogen and oxygen atoms in total. The van der Waals surface area contributed by atoms with Crippen molar-refractivity contribution in [2.45, 2.75) is 0 Å². The van der Waals surface area contributed by atoms with Gasteiger partial charge in [-0.1, -0.05) is 23.7 Å². The Morgan fingerprint density at radius 1 is 1.07 bits per heavy atom. The Bertz CT molecular complexity index is 1170. The Kier molecular flexibility index (Phi) is 4.50. The first-order chi connectivity index (χ1) is 13.5. The van der Waals surface area contributed by atoms with E-state index in [1.54, 1.807) is 24.3 Å². The fourth-order valence-electron chi connectivity index (χ4n) is 2.69. The zero-order chi connectivity index (χ0) is 19.7. The largest absolute Gasteiger partial charge is 0.436 e. The summed E-state index contributed by atoms with van der Waals surface area (Å²) in [5, 5.41) is 13.7. The molecule has 8 heteroatoms. The zero-order valence-electron chi connectivity index (χ0n) is 14.3. The van der Waals surface area contributed by atoms with Crippen LogP contribution in [0.25, 0.3) is 22.6 Å². The fourth-order valence-corrected chi connectivity index (χ4v) is 2.89. The van der Waals surface area contributed by atoms with Crippen LogP contribution in [-0.4, -0.2) is 15.8 Å². The number of para-hydroxylation sites is 2. The Hall–Kier alpha value is -3.71. The first-order valence-corrected chi connectivity index (χ1v) is 8.60. The van der Waals surface area contributed by atoms with Gasteiger partial charge in [0.25, 0.3) is 11.6 Å². The summed E-state index contributed by atoms with van der Waals surface area (Å²) in [5.74, 6) is -0.0656. The van der Waals surface area contributed by atoms with E-state index >= 15 is 0 Å². The average molecular weight is 394 g/mol. The number of nitrogens with zero attached hydrogens (tertiary/aromatic N) is 2. The maximum absolute atomic E-state index is 12.4. The molecule has 0 bridgehead atoms. The van der Waals surface area contributed by atoms with Crippen molar-refractivity contribution >= 4 is 40.0 Å². The molecule has 28 heavy (non-hydrogen) atoms. The van der Waals surface area contributed by atoms with Gasteiger partial charge >= 0.3 is 0 Å². The van der Waals surface area contributed by atoms with Crippen molar-refractivity contribution in [3.63, 3.8) is 0 Å². The number of rotatable bonds is 4. The molecule has 4 rings (SSSR count). The lowest BCUT2D eigenvalue weighted by Crippen LogP contribution is -2.12. The maximum atomic E-state index is 12.4. The molecule has 0 atom stereocenters. The number of halogens is 1. The lowest BCUT2D eigenvalue weighted by molar-refractivity contribution is -0.384. The quantitative estimate of drug-likeness (QED) is 0.374. The monoisotopic (exact) mass is 393 g/mol. The molecule has 0 saturated carbocycles. The van der Waals surface area contributed by atoms with Gasteiger partial charge in [0, 0.05) is 23.4 Å². The number of anilines is 1. The molecule has 0 saturated heterocycles. The van der Waals surface area contributed by atoms with Crippen molar-refractivity contribution in [3.05, 3.63) is 87.4 Å². The third kappa shape index (κ3) is 3.43. The van der Waals surface area contributed by atoms with Crippen LogP contribution in [0.5, 0.6) is 0 Å². The van der Waals surface area contributed by atoms with E-state index in [2.05, 4.69) is 10.3 Å². The minimum atomic E-state index is -0.581. The molecule has 138 valence electrons. The molecule has 4 aromatic rings. The van der Waals surface area contributed by atoms with Crippen molar-refractivity contribution in [2.24, 2.45) is 0 Å². The van der Waals surface area contributed by atoms with E-state index in [1.807, 2.05) is 24.3 Å². The van der Waals surface area contributed by atoms with Crippen LogP contribution in [0.1, 0.15) is 10.4 Å². The number of fused-ring (bicyclic) bond motifs is 1. The van der Waals surface area contributed by atoms with E-state index < -0.39 is 10.8 Å². The molecule has 1 N–H and O–H groups in total. The number of nitro benzene ring substituents is 1. The summed E-state index contributed by atoms with van der Waals surface area (Å²) in [6.07, 6.45) is 0. The summed E-state index contributed by atoms with van der Waals surface area (Å²) >= 11 is 6.00. The Morgan fingerprint density at radius 2 is 1.82 bits per heavy atom. The molecule has 1 heterocycles. The molecule has 0 unspecified atom stereocenters. The third-order valence-corrected chi connectivity index (χ3v) is 4.42. The van der Waals surface area contributed by atoms with Gasteiger partial charge in [-0.25, -0.2) is 4.98 Å². The van der Waals surface area contributed by atoms with Crippen LogP contribution in [0.3, 0.4) is 0 Å². The summed E-state index contributed by atoms with van der Waals surface area (Å²) in [6, 6.07) is 18.1. The molecule has 0 aliphatic carbocycles. The summed E-state index contributed by atoms with van der Waals surface area (Å²) < 4.78 is 5.72. The lowest BCUT2D eigenvalue weighted by Gasteiger charge is -2.07. The van der Waals surface area contributed by atoms with E-state index in [0.29, 0.717) is 17.2 Å². The van der Waals surface area contributed by atoms with Crippen molar-refractivity contribution in [1.82, 2.24) is 4.98 Å². The number of benzene rings is 3. The molecule has 0 aliphatic rings. The first-order valence-electron chi connectivity index (χ1n) is 8.22. The van der Waals surface area contributed by atoms with Crippen LogP contribution in [0, 0.1) is 10.1 Å².